The van der Waals surface area contributed by atoms with Gasteiger partial charge in [-0.1, -0.05) is 18.2 Å². The summed E-state index contributed by atoms with van der Waals surface area (Å²) < 4.78 is 10.8. The fraction of sp³-hybridized carbons (Fsp3) is 0.368. The number of hydrogen-bond acceptors (Lipinski definition) is 5. The predicted octanol–water partition coefficient (Wildman–Crippen LogP) is 2.60. The summed E-state index contributed by atoms with van der Waals surface area (Å²) in [7, 11) is 0. The van der Waals surface area contributed by atoms with E-state index in [0.29, 0.717) is 18.3 Å². The molecule has 0 saturated carbocycles. The predicted molar refractivity (Wildman–Crippen MR) is 93.3 cm³/mol. The first kappa shape index (κ1) is 17.1. The van der Waals surface area contributed by atoms with Gasteiger partial charge in [0.25, 0.3) is 0 Å². The van der Waals surface area contributed by atoms with Crippen LogP contribution in [0.15, 0.2) is 46.9 Å². The van der Waals surface area contributed by atoms with Crippen LogP contribution in [-0.2, 0) is 16.1 Å². The summed E-state index contributed by atoms with van der Waals surface area (Å²) in [6.07, 6.45) is 0.994. The Bertz CT molecular complexity index is 726. The van der Waals surface area contributed by atoms with Gasteiger partial charge in [-0.2, -0.15) is 0 Å². The highest BCUT2D eigenvalue weighted by Gasteiger charge is 2.24. The Kier molecular flexibility index (Phi) is 5.38. The molecule has 2 heterocycles. The molecule has 0 radical (unpaired) electrons. The highest BCUT2D eigenvalue weighted by atomic mass is 16.5. The highest BCUT2D eigenvalue weighted by molar-refractivity contribution is 5.86. The third-order valence-electron chi connectivity index (χ3n) is 4.23. The zero-order valence-electron chi connectivity index (χ0n) is 14.2. The Morgan fingerprint density at radius 1 is 1.24 bits per heavy atom. The smallest absolute Gasteiger partial charge is 0.374 e. The molecule has 0 aliphatic carbocycles. The molecule has 2 aromatic rings. The van der Waals surface area contributed by atoms with E-state index in [1.807, 2.05) is 18.2 Å². The summed E-state index contributed by atoms with van der Waals surface area (Å²) in [6.45, 7) is 3.91. The number of benzene rings is 1. The molecular weight excluding hydrogens is 320 g/mol. The molecule has 1 N–H and O–H groups in total. The molecule has 1 amide bonds. The van der Waals surface area contributed by atoms with Crippen LogP contribution in [0.4, 0.5) is 5.69 Å². The minimum atomic E-state index is -0.466. The number of ether oxygens (including phenoxy) is 1. The van der Waals surface area contributed by atoms with Crippen LogP contribution in [0, 0.1) is 5.92 Å². The van der Waals surface area contributed by atoms with Crippen LogP contribution < -0.4 is 10.2 Å². The molecule has 6 nitrogen and oxygen atoms in total. The van der Waals surface area contributed by atoms with Gasteiger partial charge in [0, 0.05) is 31.6 Å². The van der Waals surface area contributed by atoms with Crippen molar-refractivity contribution in [3.63, 3.8) is 0 Å². The molecule has 1 aromatic carbocycles. The van der Waals surface area contributed by atoms with Crippen LogP contribution in [-0.4, -0.2) is 31.6 Å². The van der Waals surface area contributed by atoms with Gasteiger partial charge in [0.2, 0.25) is 11.7 Å². The summed E-state index contributed by atoms with van der Waals surface area (Å²) in [4.78, 5) is 25.3. The molecule has 1 aliphatic heterocycles. The van der Waals surface area contributed by atoms with Gasteiger partial charge in [0.1, 0.15) is 5.76 Å². The molecule has 1 aromatic heterocycles. The lowest BCUT2D eigenvalue weighted by Gasteiger charge is -2.18. The normalized spacial score (nSPS) is 16.7. The van der Waals surface area contributed by atoms with Gasteiger partial charge in [0.15, 0.2) is 0 Å². The van der Waals surface area contributed by atoms with Gasteiger partial charge in [-0.15, -0.1) is 0 Å². The zero-order valence-corrected chi connectivity index (χ0v) is 14.2. The van der Waals surface area contributed by atoms with Crippen LogP contribution in [0.1, 0.15) is 29.7 Å². The highest BCUT2D eigenvalue weighted by Crippen LogP contribution is 2.24. The first-order valence-electron chi connectivity index (χ1n) is 8.42. The standard InChI is InChI=1S/C19H22N2O4/c1-14(22)20-11-17-7-8-18(25-17)19(23)24-13-15-9-10-21(12-15)16-5-3-2-4-6-16/h2-8,15H,9-13H2,1H3,(H,20,22)/t15-/m1/s1. The van der Waals surface area contributed by atoms with Crippen molar-refractivity contribution in [3.05, 3.63) is 54.0 Å². The Hall–Kier alpha value is -2.76. The Morgan fingerprint density at radius 2 is 2.04 bits per heavy atom. The summed E-state index contributed by atoms with van der Waals surface area (Å²) >= 11 is 0. The molecule has 1 atom stereocenters. The summed E-state index contributed by atoms with van der Waals surface area (Å²) in [6, 6.07) is 13.5. The van der Waals surface area contributed by atoms with E-state index in [4.69, 9.17) is 9.15 Å². The van der Waals surface area contributed by atoms with Crippen molar-refractivity contribution < 1.29 is 18.7 Å². The maximum absolute atomic E-state index is 12.1. The van der Waals surface area contributed by atoms with E-state index in [1.165, 1.54) is 12.6 Å². The average Bonchev–Trinajstić information content (AvgIpc) is 3.28. The first-order chi connectivity index (χ1) is 12.1. The van der Waals surface area contributed by atoms with Gasteiger partial charge in [-0.05, 0) is 30.7 Å². The van der Waals surface area contributed by atoms with E-state index < -0.39 is 5.97 Å². The third kappa shape index (κ3) is 4.62. The second-order valence-electron chi connectivity index (χ2n) is 6.21. The lowest BCUT2D eigenvalue weighted by Crippen LogP contribution is -2.21. The number of furan rings is 1. The SMILES string of the molecule is CC(=O)NCc1ccc(C(=O)OC[C@@H]2CCN(c3ccccc3)C2)o1. The summed E-state index contributed by atoms with van der Waals surface area (Å²) in [5, 5.41) is 2.62. The van der Waals surface area contributed by atoms with Crippen molar-refractivity contribution in [2.45, 2.75) is 19.9 Å². The summed E-state index contributed by atoms with van der Waals surface area (Å²) in [5.41, 5.74) is 1.20. The maximum Gasteiger partial charge on any atom is 0.374 e. The average molecular weight is 342 g/mol. The lowest BCUT2D eigenvalue weighted by molar-refractivity contribution is -0.119. The maximum atomic E-state index is 12.1. The van der Waals surface area contributed by atoms with E-state index in [2.05, 4.69) is 22.3 Å². The van der Waals surface area contributed by atoms with Crippen LogP contribution in [0.2, 0.25) is 0 Å². The van der Waals surface area contributed by atoms with Crippen LogP contribution in [0.5, 0.6) is 0 Å². The minimum Gasteiger partial charge on any atom is -0.459 e. The molecule has 6 heteroatoms. The second kappa shape index (κ2) is 7.88. The molecule has 25 heavy (non-hydrogen) atoms. The Morgan fingerprint density at radius 3 is 2.80 bits per heavy atom. The van der Waals surface area contributed by atoms with Gasteiger partial charge < -0.3 is 19.4 Å². The molecular formula is C19H22N2O4. The molecule has 3 rings (SSSR count). The monoisotopic (exact) mass is 342 g/mol. The first-order valence-corrected chi connectivity index (χ1v) is 8.42. The topological polar surface area (TPSA) is 71.8 Å². The number of nitrogens with zero attached hydrogens (tertiary/aromatic N) is 1. The van der Waals surface area contributed by atoms with Crippen molar-refractivity contribution in [2.75, 3.05) is 24.6 Å². The minimum absolute atomic E-state index is 0.148. The fourth-order valence-corrected chi connectivity index (χ4v) is 2.90. The second-order valence-corrected chi connectivity index (χ2v) is 6.21. The number of rotatable bonds is 6. The number of amides is 1. The quantitative estimate of drug-likeness (QED) is 0.817. The molecule has 1 saturated heterocycles. The number of esters is 1. The van der Waals surface area contributed by atoms with Crippen LogP contribution in [0.25, 0.3) is 0 Å². The van der Waals surface area contributed by atoms with Crippen molar-refractivity contribution in [1.82, 2.24) is 5.32 Å². The number of para-hydroxylation sites is 1. The van der Waals surface area contributed by atoms with Gasteiger partial charge in [-0.3, -0.25) is 4.79 Å². The van der Waals surface area contributed by atoms with Gasteiger partial charge in [0.05, 0.1) is 13.2 Å². The third-order valence-corrected chi connectivity index (χ3v) is 4.23. The van der Waals surface area contributed by atoms with Gasteiger partial charge >= 0.3 is 5.97 Å². The van der Waals surface area contributed by atoms with Crippen molar-refractivity contribution in [2.24, 2.45) is 5.92 Å². The van der Waals surface area contributed by atoms with Crippen molar-refractivity contribution in [3.8, 4) is 0 Å². The Labute approximate surface area is 146 Å². The molecule has 0 spiro atoms. The number of anilines is 1. The van der Waals surface area contributed by atoms with E-state index >= 15 is 0 Å². The van der Waals surface area contributed by atoms with Crippen molar-refractivity contribution >= 4 is 17.6 Å². The van der Waals surface area contributed by atoms with Crippen LogP contribution in [0.3, 0.4) is 0 Å². The number of carbonyl (C=O) groups is 2. The molecule has 1 aliphatic rings. The van der Waals surface area contributed by atoms with E-state index in [9.17, 15) is 9.59 Å². The van der Waals surface area contributed by atoms with E-state index in [0.717, 1.165) is 19.5 Å². The number of carbonyl (C=O) groups excluding carboxylic acids is 2. The Balaban J connectivity index is 1.46. The lowest BCUT2D eigenvalue weighted by atomic mass is 10.1. The molecule has 132 valence electrons. The number of nitrogens with one attached hydrogen (secondary N) is 1. The van der Waals surface area contributed by atoms with E-state index in [-0.39, 0.29) is 18.2 Å². The fourth-order valence-electron chi connectivity index (χ4n) is 2.90. The van der Waals surface area contributed by atoms with Gasteiger partial charge in [-0.25, -0.2) is 4.79 Å². The molecule has 0 bridgehead atoms. The molecule has 0 unspecified atom stereocenters. The van der Waals surface area contributed by atoms with Crippen LogP contribution >= 0.6 is 0 Å². The summed E-state index contributed by atoms with van der Waals surface area (Å²) in [5.74, 6) is 0.395. The van der Waals surface area contributed by atoms with E-state index in [1.54, 1.807) is 12.1 Å². The number of hydrogen-bond donors (Lipinski definition) is 1. The largest absolute Gasteiger partial charge is 0.459 e. The zero-order chi connectivity index (χ0) is 17.6. The molecule has 1 fully saturated rings. The van der Waals surface area contributed by atoms with Crippen molar-refractivity contribution in [1.29, 1.82) is 0 Å².